The van der Waals surface area contributed by atoms with Crippen LogP contribution in [0.15, 0.2) is 39.9 Å². The van der Waals surface area contributed by atoms with E-state index in [1.807, 2.05) is 12.1 Å². The van der Waals surface area contributed by atoms with Crippen molar-refractivity contribution in [2.24, 2.45) is 5.92 Å². The molecule has 8 heteroatoms. The molecule has 1 aliphatic heterocycles. The Kier molecular flexibility index (Phi) is 7.89. The molecule has 6 nitrogen and oxygen atoms in total. The van der Waals surface area contributed by atoms with Gasteiger partial charge in [0, 0.05) is 25.6 Å². The smallest absolute Gasteiger partial charge is 0.243 e. The van der Waals surface area contributed by atoms with Gasteiger partial charge in [0.15, 0.2) is 0 Å². The third-order valence-corrected chi connectivity index (χ3v) is 9.78. The average Bonchev–Trinajstić information content (AvgIpc) is 3.53. The van der Waals surface area contributed by atoms with Crippen molar-refractivity contribution < 1.29 is 13.2 Å². The second kappa shape index (κ2) is 10.7. The zero-order chi connectivity index (χ0) is 23.4. The molecule has 0 bridgehead atoms. The van der Waals surface area contributed by atoms with Gasteiger partial charge in [0.2, 0.25) is 15.9 Å². The van der Waals surface area contributed by atoms with E-state index < -0.39 is 10.0 Å². The third-order valence-electron chi connectivity index (χ3n) is 7.18. The van der Waals surface area contributed by atoms with Crippen LogP contribution in [0, 0.1) is 5.92 Å². The number of rotatable bonds is 9. The summed E-state index contributed by atoms with van der Waals surface area (Å²) in [6.07, 6.45) is 4.22. The first-order valence-electron chi connectivity index (χ1n) is 12.1. The van der Waals surface area contributed by atoms with Gasteiger partial charge in [-0.05, 0) is 90.8 Å². The van der Waals surface area contributed by atoms with Gasteiger partial charge >= 0.3 is 0 Å². The summed E-state index contributed by atoms with van der Waals surface area (Å²) in [5, 5.41) is 7.38. The highest BCUT2D eigenvalue weighted by Crippen LogP contribution is 2.29. The predicted octanol–water partition coefficient (Wildman–Crippen LogP) is 3.84. The summed E-state index contributed by atoms with van der Waals surface area (Å²) in [6, 6.07) is 7.86. The van der Waals surface area contributed by atoms with Crippen molar-refractivity contribution in [1.82, 2.24) is 14.5 Å². The van der Waals surface area contributed by atoms with E-state index in [1.54, 1.807) is 21.7 Å². The molecule has 4 rings (SSSR count). The molecule has 1 aliphatic carbocycles. The van der Waals surface area contributed by atoms with Crippen molar-refractivity contribution in [2.45, 2.75) is 56.9 Å². The van der Waals surface area contributed by atoms with E-state index in [1.165, 1.54) is 16.7 Å². The number of hydrogen-bond acceptors (Lipinski definition) is 5. The number of nitrogens with zero attached hydrogens (tertiary/aromatic N) is 2. The highest BCUT2D eigenvalue weighted by Gasteiger charge is 2.33. The molecular weight excluding hydrogens is 454 g/mol. The van der Waals surface area contributed by atoms with E-state index in [0.29, 0.717) is 37.4 Å². The first-order chi connectivity index (χ1) is 15.9. The van der Waals surface area contributed by atoms with Gasteiger partial charge in [-0.3, -0.25) is 9.69 Å². The molecule has 0 saturated carbocycles. The van der Waals surface area contributed by atoms with Crippen LogP contribution in [0.4, 0.5) is 0 Å². The Morgan fingerprint density at radius 3 is 2.55 bits per heavy atom. The molecule has 2 aromatic rings. The van der Waals surface area contributed by atoms with Crippen LogP contribution >= 0.6 is 11.3 Å². The molecule has 1 aromatic heterocycles. The van der Waals surface area contributed by atoms with Crippen molar-refractivity contribution in [3.63, 3.8) is 0 Å². The second-order valence-corrected chi connectivity index (χ2v) is 11.7. The highest BCUT2D eigenvalue weighted by molar-refractivity contribution is 7.89. The number of piperidine rings is 1. The van der Waals surface area contributed by atoms with Crippen molar-refractivity contribution in [3.8, 4) is 0 Å². The zero-order valence-corrected chi connectivity index (χ0v) is 21.3. The quantitative estimate of drug-likeness (QED) is 0.581. The van der Waals surface area contributed by atoms with Crippen molar-refractivity contribution >= 4 is 27.3 Å². The molecule has 0 spiro atoms. The predicted molar refractivity (Wildman–Crippen MR) is 133 cm³/mol. The third kappa shape index (κ3) is 5.34. The number of fused-ring (bicyclic) bond motifs is 1. The number of sulfonamides is 1. The maximum atomic E-state index is 13.2. The zero-order valence-electron chi connectivity index (χ0n) is 19.6. The fourth-order valence-corrected chi connectivity index (χ4v) is 7.37. The Balaban J connectivity index is 1.34. The molecule has 1 unspecified atom stereocenters. The Morgan fingerprint density at radius 2 is 1.88 bits per heavy atom. The molecule has 2 heterocycles. The Bertz CT molecular complexity index is 1040. The SMILES string of the molecule is CCN(CC)C(CNC(=O)C1CCN(S(=O)(=O)c2ccc3c(c2)CCC3)CC1)c1ccsc1. The van der Waals surface area contributed by atoms with Crippen LogP contribution in [0.25, 0.3) is 0 Å². The lowest BCUT2D eigenvalue weighted by molar-refractivity contribution is -0.126. The van der Waals surface area contributed by atoms with Gasteiger partial charge < -0.3 is 5.32 Å². The summed E-state index contributed by atoms with van der Waals surface area (Å²) in [4.78, 5) is 15.7. The molecule has 2 aliphatic rings. The van der Waals surface area contributed by atoms with Crippen molar-refractivity contribution in [3.05, 3.63) is 51.7 Å². The van der Waals surface area contributed by atoms with Crippen LogP contribution in [0.2, 0.25) is 0 Å². The Labute approximate surface area is 202 Å². The van der Waals surface area contributed by atoms with E-state index in [-0.39, 0.29) is 17.9 Å². The lowest BCUT2D eigenvalue weighted by Crippen LogP contribution is -2.45. The number of hydrogen-bond donors (Lipinski definition) is 1. The second-order valence-electron chi connectivity index (χ2n) is 9.00. The number of benzene rings is 1. The Morgan fingerprint density at radius 1 is 1.15 bits per heavy atom. The number of carbonyl (C=O) groups excluding carboxylic acids is 1. The summed E-state index contributed by atoms with van der Waals surface area (Å²) in [6.45, 7) is 7.48. The number of nitrogens with one attached hydrogen (secondary N) is 1. The maximum absolute atomic E-state index is 13.2. The van der Waals surface area contributed by atoms with Gasteiger partial charge in [-0.1, -0.05) is 19.9 Å². The molecule has 33 heavy (non-hydrogen) atoms. The van der Waals surface area contributed by atoms with Crippen LogP contribution in [-0.2, 0) is 27.7 Å². The normalized spacial score (nSPS) is 18.4. The minimum absolute atomic E-state index is 0.0389. The number of likely N-dealkylation sites (N-methyl/N-ethyl adjacent to an activating group) is 1. The molecular formula is C25H35N3O3S2. The molecule has 1 aromatic carbocycles. The fraction of sp³-hybridized carbons (Fsp3) is 0.560. The van der Waals surface area contributed by atoms with Crippen LogP contribution < -0.4 is 5.32 Å². The van der Waals surface area contributed by atoms with Crippen molar-refractivity contribution in [2.75, 3.05) is 32.7 Å². The van der Waals surface area contributed by atoms with Gasteiger partial charge in [-0.2, -0.15) is 15.6 Å². The largest absolute Gasteiger partial charge is 0.354 e. The molecule has 1 atom stereocenters. The van der Waals surface area contributed by atoms with E-state index in [0.717, 1.165) is 32.4 Å². The minimum Gasteiger partial charge on any atom is -0.354 e. The van der Waals surface area contributed by atoms with Crippen LogP contribution in [0.5, 0.6) is 0 Å². The lowest BCUT2D eigenvalue weighted by atomic mass is 9.97. The highest BCUT2D eigenvalue weighted by atomic mass is 32.2. The first-order valence-corrected chi connectivity index (χ1v) is 14.5. The minimum atomic E-state index is -3.51. The Hall–Kier alpha value is -1.74. The summed E-state index contributed by atoms with van der Waals surface area (Å²) in [5.41, 5.74) is 3.67. The number of aryl methyl sites for hydroxylation is 2. The molecule has 1 fully saturated rings. The maximum Gasteiger partial charge on any atom is 0.243 e. The van der Waals surface area contributed by atoms with Gasteiger partial charge in [0.05, 0.1) is 10.9 Å². The van der Waals surface area contributed by atoms with Gasteiger partial charge in [0.1, 0.15) is 0 Å². The topological polar surface area (TPSA) is 69.7 Å². The standard InChI is InChI=1S/C25H35N3O3S2/c1-3-27(4-2)24(22-12-15-32-18-22)17-26-25(29)20-10-13-28(14-11-20)33(30,31)23-9-8-19-6-5-7-21(19)16-23/h8-9,12,15-16,18,20,24H,3-7,10-11,13-14,17H2,1-2H3,(H,26,29). The number of carbonyl (C=O) groups is 1. The van der Waals surface area contributed by atoms with E-state index >= 15 is 0 Å². The summed E-state index contributed by atoms with van der Waals surface area (Å²) >= 11 is 1.67. The van der Waals surface area contributed by atoms with Crippen molar-refractivity contribution in [1.29, 1.82) is 0 Å². The van der Waals surface area contributed by atoms with Gasteiger partial charge in [0.25, 0.3) is 0 Å². The van der Waals surface area contributed by atoms with E-state index in [9.17, 15) is 13.2 Å². The van der Waals surface area contributed by atoms with Gasteiger partial charge in [-0.15, -0.1) is 0 Å². The van der Waals surface area contributed by atoms with E-state index in [2.05, 4.69) is 40.9 Å². The summed E-state index contributed by atoms with van der Waals surface area (Å²) in [5.74, 6) is -0.103. The molecule has 1 saturated heterocycles. The average molecular weight is 490 g/mol. The van der Waals surface area contributed by atoms with Crippen LogP contribution in [0.3, 0.4) is 0 Å². The van der Waals surface area contributed by atoms with Crippen LogP contribution in [0.1, 0.15) is 55.8 Å². The molecule has 1 amide bonds. The molecule has 1 N–H and O–H groups in total. The fourth-order valence-electron chi connectivity index (χ4n) is 5.14. The van der Waals surface area contributed by atoms with Crippen LogP contribution in [-0.4, -0.2) is 56.3 Å². The van der Waals surface area contributed by atoms with E-state index in [4.69, 9.17) is 0 Å². The van der Waals surface area contributed by atoms with Gasteiger partial charge in [-0.25, -0.2) is 8.42 Å². The molecule has 0 radical (unpaired) electrons. The monoisotopic (exact) mass is 489 g/mol. The summed E-state index contributed by atoms with van der Waals surface area (Å²) < 4.78 is 27.9. The summed E-state index contributed by atoms with van der Waals surface area (Å²) in [7, 11) is -3.51. The lowest BCUT2D eigenvalue weighted by Gasteiger charge is -2.32. The number of thiophene rings is 1. The first kappa shape index (κ1) is 24.4. The molecule has 180 valence electrons. The number of amides is 1.